The van der Waals surface area contributed by atoms with Crippen LogP contribution in [0.2, 0.25) is 0 Å². The molecule has 2 rings (SSSR count). The Kier molecular flexibility index (Phi) is 3.44. The molecule has 0 saturated heterocycles. The zero-order valence-electron chi connectivity index (χ0n) is 9.58. The largest absolute Gasteiger partial charge is 0.494 e. The molecule has 0 aromatic heterocycles. The summed E-state index contributed by atoms with van der Waals surface area (Å²) >= 11 is 0. The number of carbonyl (C=O) groups is 1. The van der Waals surface area contributed by atoms with Gasteiger partial charge in [-0.25, -0.2) is 0 Å². The Morgan fingerprint density at radius 2 is 2.25 bits per heavy atom. The van der Waals surface area contributed by atoms with Gasteiger partial charge in [-0.3, -0.25) is 4.79 Å². The lowest BCUT2D eigenvalue weighted by atomic mass is 10.0. The van der Waals surface area contributed by atoms with Crippen LogP contribution in [0.4, 0.5) is 5.69 Å². The summed E-state index contributed by atoms with van der Waals surface area (Å²) in [6.07, 6.45) is 3.60. The van der Waals surface area contributed by atoms with Crippen LogP contribution < -0.4 is 10.1 Å². The molecule has 1 N–H and O–H groups in total. The van der Waals surface area contributed by atoms with Gasteiger partial charge in [0.25, 0.3) is 0 Å². The number of amides is 1. The van der Waals surface area contributed by atoms with Gasteiger partial charge < -0.3 is 10.1 Å². The summed E-state index contributed by atoms with van der Waals surface area (Å²) < 4.78 is 5.63. The summed E-state index contributed by atoms with van der Waals surface area (Å²) in [7, 11) is 0. The van der Waals surface area contributed by atoms with Gasteiger partial charge in [-0.15, -0.1) is 0 Å². The minimum atomic E-state index is 0.104. The summed E-state index contributed by atoms with van der Waals surface area (Å²) in [6.45, 7) is 2.91. The van der Waals surface area contributed by atoms with E-state index in [0.717, 1.165) is 37.3 Å². The Labute approximate surface area is 95.8 Å². The number of fused-ring (bicyclic) bond motifs is 1. The highest BCUT2D eigenvalue weighted by Crippen LogP contribution is 2.26. The van der Waals surface area contributed by atoms with Gasteiger partial charge in [-0.05, 0) is 36.6 Å². The number of benzene rings is 1. The molecule has 3 heteroatoms. The fourth-order valence-electron chi connectivity index (χ4n) is 1.78. The second kappa shape index (κ2) is 5.01. The van der Waals surface area contributed by atoms with Crippen molar-refractivity contribution in [1.29, 1.82) is 0 Å². The molecule has 16 heavy (non-hydrogen) atoms. The molecular weight excluding hydrogens is 202 g/mol. The molecule has 0 saturated carbocycles. The van der Waals surface area contributed by atoms with Crippen molar-refractivity contribution < 1.29 is 9.53 Å². The van der Waals surface area contributed by atoms with Crippen LogP contribution in [-0.4, -0.2) is 12.5 Å². The molecule has 86 valence electrons. The van der Waals surface area contributed by atoms with Crippen molar-refractivity contribution in [3.63, 3.8) is 0 Å². The molecule has 0 atom stereocenters. The third-order valence-corrected chi connectivity index (χ3v) is 2.74. The first-order chi connectivity index (χ1) is 7.79. The molecule has 1 aromatic rings. The molecule has 0 spiro atoms. The van der Waals surface area contributed by atoms with E-state index < -0.39 is 0 Å². The number of hydrogen-bond acceptors (Lipinski definition) is 2. The van der Waals surface area contributed by atoms with Gasteiger partial charge in [-0.2, -0.15) is 0 Å². The van der Waals surface area contributed by atoms with Crippen LogP contribution in [0.5, 0.6) is 5.75 Å². The number of unbranched alkanes of at least 4 members (excludes halogenated alkanes) is 1. The second-order valence-electron chi connectivity index (χ2n) is 4.07. The molecule has 1 aliphatic heterocycles. The van der Waals surface area contributed by atoms with Crippen LogP contribution >= 0.6 is 0 Å². The first-order valence-corrected chi connectivity index (χ1v) is 5.85. The first-order valence-electron chi connectivity index (χ1n) is 5.85. The molecule has 0 fully saturated rings. The lowest BCUT2D eigenvalue weighted by Crippen LogP contribution is -2.18. The van der Waals surface area contributed by atoms with Gasteiger partial charge in [0.05, 0.1) is 6.61 Å². The highest BCUT2D eigenvalue weighted by molar-refractivity contribution is 5.93. The molecule has 1 amide bonds. The van der Waals surface area contributed by atoms with Crippen LogP contribution in [0.1, 0.15) is 31.7 Å². The van der Waals surface area contributed by atoms with Crippen LogP contribution in [0.3, 0.4) is 0 Å². The summed E-state index contributed by atoms with van der Waals surface area (Å²) in [4.78, 5) is 11.2. The Morgan fingerprint density at radius 3 is 3.06 bits per heavy atom. The van der Waals surface area contributed by atoms with Gasteiger partial charge in [0.2, 0.25) is 5.91 Å². The maximum absolute atomic E-state index is 11.2. The van der Waals surface area contributed by atoms with E-state index in [9.17, 15) is 4.79 Å². The predicted octanol–water partition coefficient (Wildman–Crippen LogP) is 2.75. The van der Waals surface area contributed by atoms with Crippen LogP contribution in [-0.2, 0) is 11.2 Å². The van der Waals surface area contributed by atoms with Gasteiger partial charge in [0, 0.05) is 12.1 Å². The number of anilines is 1. The number of carbonyl (C=O) groups excluding carboxylic acids is 1. The summed E-state index contributed by atoms with van der Waals surface area (Å²) in [5, 5.41) is 2.86. The van der Waals surface area contributed by atoms with Crippen molar-refractivity contribution in [3.05, 3.63) is 23.8 Å². The van der Waals surface area contributed by atoms with E-state index in [2.05, 4.69) is 12.2 Å². The quantitative estimate of drug-likeness (QED) is 0.791. The molecule has 1 heterocycles. The zero-order valence-corrected chi connectivity index (χ0v) is 9.58. The second-order valence-corrected chi connectivity index (χ2v) is 4.07. The van der Waals surface area contributed by atoms with Gasteiger partial charge in [0.15, 0.2) is 0 Å². The average Bonchev–Trinajstić information content (AvgIpc) is 2.29. The first kappa shape index (κ1) is 11.0. The van der Waals surface area contributed by atoms with Gasteiger partial charge in [-0.1, -0.05) is 13.3 Å². The van der Waals surface area contributed by atoms with E-state index >= 15 is 0 Å². The van der Waals surface area contributed by atoms with E-state index in [-0.39, 0.29) is 5.91 Å². The van der Waals surface area contributed by atoms with Crippen molar-refractivity contribution in [1.82, 2.24) is 0 Å². The topological polar surface area (TPSA) is 38.3 Å². The van der Waals surface area contributed by atoms with Crippen LogP contribution in [0, 0.1) is 0 Å². The van der Waals surface area contributed by atoms with Crippen molar-refractivity contribution >= 4 is 11.6 Å². The minimum absolute atomic E-state index is 0.104. The third-order valence-electron chi connectivity index (χ3n) is 2.74. The van der Waals surface area contributed by atoms with Crippen molar-refractivity contribution in [2.24, 2.45) is 0 Å². The molecule has 3 nitrogen and oxygen atoms in total. The highest BCUT2D eigenvalue weighted by Gasteiger charge is 2.14. The summed E-state index contributed by atoms with van der Waals surface area (Å²) in [6, 6.07) is 5.87. The molecule has 0 bridgehead atoms. The number of ether oxygens (including phenoxy) is 1. The monoisotopic (exact) mass is 219 g/mol. The van der Waals surface area contributed by atoms with Crippen molar-refractivity contribution in [2.45, 2.75) is 32.6 Å². The van der Waals surface area contributed by atoms with E-state index in [0.29, 0.717) is 6.42 Å². The Bertz CT molecular complexity index is 388. The number of nitrogens with one attached hydrogen (secondary N) is 1. The Hall–Kier alpha value is -1.51. The van der Waals surface area contributed by atoms with Gasteiger partial charge >= 0.3 is 0 Å². The number of rotatable bonds is 4. The standard InChI is InChI=1S/C13H17NO2/c1-2-3-8-16-11-5-6-12-10(9-11)4-7-13(15)14-12/h5-6,9H,2-4,7-8H2,1H3,(H,14,15). The molecule has 1 aromatic carbocycles. The van der Waals surface area contributed by atoms with Crippen molar-refractivity contribution in [2.75, 3.05) is 11.9 Å². The predicted molar refractivity (Wildman–Crippen MR) is 63.8 cm³/mol. The Balaban J connectivity index is 2.04. The SMILES string of the molecule is CCCCOc1ccc2c(c1)CCC(=O)N2. The third kappa shape index (κ3) is 2.54. The molecule has 1 aliphatic rings. The maximum Gasteiger partial charge on any atom is 0.224 e. The number of hydrogen-bond donors (Lipinski definition) is 1. The molecule has 0 unspecified atom stereocenters. The van der Waals surface area contributed by atoms with Crippen molar-refractivity contribution in [3.8, 4) is 5.75 Å². The summed E-state index contributed by atoms with van der Waals surface area (Å²) in [5.74, 6) is 1.01. The zero-order chi connectivity index (χ0) is 11.4. The number of aryl methyl sites for hydroxylation is 1. The van der Waals surface area contributed by atoms with E-state index in [1.54, 1.807) is 0 Å². The fourth-order valence-corrected chi connectivity index (χ4v) is 1.78. The van der Waals surface area contributed by atoms with E-state index in [1.165, 1.54) is 5.56 Å². The summed E-state index contributed by atoms with van der Waals surface area (Å²) in [5.41, 5.74) is 2.10. The average molecular weight is 219 g/mol. The smallest absolute Gasteiger partial charge is 0.224 e. The minimum Gasteiger partial charge on any atom is -0.494 e. The molecular formula is C13H17NO2. The van der Waals surface area contributed by atoms with Crippen LogP contribution in [0.15, 0.2) is 18.2 Å². The lowest BCUT2D eigenvalue weighted by Gasteiger charge is -2.17. The lowest BCUT2D eigenvalue weighted by molar-refractivity contribution is -0.116. The maximum atomic E-state index is 11.2. The normalized spacial score (nSPS) is 14.2. The van der Waals surface area contributed by atoms with Crippen LogP contribution in [0.25, 0.3) is 0 Å². The molecule has 0 radical (unpaired) electrons. The van der Waals surface area contributed by atoms with Gasteiger partial charge in [0.1, 0.15) is 5.75 Å². The highest BCUT2D eigenvalue weighted by atomic mass is 16.5. The Morgan fingerprint density at radius 1 is 1.38 bits per heavy atom. The molecule has 0 aliphatic carbocycles. The fraction of sp³-hybridized carbons (Fsp3) is 0.462. The van der Waals surface area contributed by atoms with E-state index in [4.69, 9.17) is 4.74 Å². The van der Waals surface area contributed by atoms with E-state index in [1.807, 2.05) is 18.2 Å².